The quantitative estimate of drug-likeness (QED) is 0.569. The summed E-state index contributed by atoms with van der Waals surface area (Å²) < 4.78 is 11.0. The van der Waals surface area contributed by atoms with Gasteiger partial charge in [0.15, 0.2) is 18.1 Å². The zero-order valence-electron chi connectivity index (χ0n) is 13.2. The van der Waals surface area contributed by atoms with E-state index in [0.717, 1.165) is 0 Å². The van der Waals surface area contributed by atoms with Crippen LogP contribution < -0.4 is 14.9 Å². The molecule has 0 aliphatic heterocycles. The second kappa shape index (κ2) is 8.70. The highest BCUT2D eigenvalue weighted by Gasteiger charge is 2.09. The van der Waals surface area contributed by atoms with Crippen molar-refractivity contribution in [2.24, 2.45) is 5.10 Å². The molecule has 128 valence electrons. The van der Waals surface area contributed by atoms with E-state index in [1.165, 1.54) is 13.3 Å². The number of benzene rings is 2. The van der Waals surface area contributed by atoms with E-state index in [-0.39, 0.29) is 18.1 Å². The zero-order valence-corrected chi connectivity index (χ0v) is 14.8. The molecule has 0 spiro atoms. The summed E-state index contributed by atoms with van der Waals surface area (Å²) in [5.74, 6) is -0.00885. The number of carbonyl (C=O) groups excluding carboxylic acids is 1. The Bertz CT molecular complexity index is 846. The number of halogens is 1. The van der Waals surface area contributed by atoms with Crippen LogP contribution in [0.15, 0.2) is 46.0 Å². The number of amides is 1. The van der Waals surface area contributed by atoms with Crippen LogP contribution >= 0.6 is 15.9 Å². The number of nitriles is 1. The number of hydrazone groups is 1. The molecule has 2 aromatic carbocycles. The Morgan fingerprint density at radius 3 is 2.88 bits per heavy atom. The largest absolute Gasteiger partial charge is 0.504 e. The molecule has 25 heavy (non-hydrogen) atoms. The first-order chi connectivity index (χ1) is 12.0. The molecule has 0 radical (unpaired) electrons. The number of hydrogen-bond donors (Lipinski definition) is 2. The number of aromatic hydroxyl groups is 1. The van der Waals surface area contributed by atoms with Crippen molar-refractivity contribution < 1.29 is 19.4 Å². The van der Waals surface area contributed by atoms with Gasteiger partial charge in [0, 0.05) is 10.0 Å². The molecular weight excluding hydrogens is 390 g/mol. The minimum Gasteiger partial charge on any atom is -0.504 e. The lowest BCUT2D eigenvalue weighted by molar-refractivity contribution is -0.123. The van der Waals surface area contributed by atoms with Gasteiger partial charge in [0.05, 0.1) is 18.9 Å². The van der Waals surface area contributed by atoms with Gasteiger partial charge in [-0.2, -0.15) is 10.4 Å². The van der Waals surface area contributed by atoms with Crippen molar-refractivity contribution >= 4 is 28.1 Å². The van der Waals surface area contributed by atoms with Gasteiger partial charge in [-0.3, -0.25) is 4.79 Å². The predicted octanol–water partition coefficient (Wildman–Crippen LogP) is 2.56. The first-order valence-corrected chi connectivity index (χ1v) is 7.84. The summed E-state index contributed by atoms with van der Waals surface area (Å²) in [6.45, 7) is -0.302. The lowest BCUT2D eigenvalue weighted by Crippen LogP contribution is -2.24. The van der Waals surface area contributed by atoms with E-state index in [0.29, 0.717) is 21.3 Å². The van der Waals surface area contributed by atoms with Crippen molar-refractivity contribution in [3.05, 3.63) is 52.0 Å². The highest BCUT2D eigenvalue weighted by atomic mass is 79.9. The van der Waals surface area contributed by atoms with Gasteiger partial charge in [-0.15, -0.1) is 0 Å². The number of phenols is 1. The molecule has 7 nitrogen and oxygen atoms in total. The maximum absolute atomic E-state index is 11.8. The maximum atomic E-state index is 11.8. The minimum atomic E-state index is -0.509. The highest BCUT2D eigenvalue weighted by molar-refractivity contribution is 9.10. The third kappa shape index (κ3) is 4.96. The Hall–Kier alpha value is -3.05. The van der Waals surface area contributed by atoms with E-state index < -0.39 is 5.91 Å². The number of phenolic OH excluding ortho intramolecular Hbond substituents is 1. The van der Waals surface area contributed by atoms with Gasteiger partial charge in [0.1, 0.15) is 11.8 Å². The number of hydrogen-bond acceptors (Lipinski definition) is 6. The van der Waals surface area contributed by atoms with Gasteiger partial charge in [-0.1, -0.05) is 28.1 Å². The lowest BCUT2D eigenvalue weighted by atomic mass is 10.2. The predicted molar refractivity (Wildman–Crippen MR) is 94.7 cm³/mol. The van der Waals surface area contributed by atoms with Crippen molar-refractivity contribution in [3.63, 3.8) is 0 Å². The Labute approximate surface area is 152 Å². The Morgan fingerprint density at radius 1 is 1.40 bits per heavy atom. The van der Waals surface area contributed by atoms with Crippen LogP contribution in [-0.2, 0) is 4.79 Å². The standard InChI is InChI=1S/C17H14BrN3O4/c1-24-15-7-13(18)6-12(17(15)23)9-20-21-16(22)10-25-14-5-3-2-4-11(14)8-19/h2-7,9,23H,10H2,1H3,(H,21,22)/b20-9+. The van der Waals surface area contributed by atoms with E-state index >= 15 is 0 Å². The fourth-order valence-corrected chi connectivity index (χ4v) is 2.34. The van der Waals surface area contributed by atoms with Crippen LogP contribution in [0.1, 0.15) is 11.1 Å². The molecule has 0 saturated heterocycles. The zero-order chi connectivity index (χ0) is 18.2. The molecule has 0 aliphatic rings. The Morgan fingerprint density at radius 2 is 2.16 bits per heavy atom. The molecule has 8 heteroatoms. The van der Waals surface area contributed by atoms with E-state index in [2.05, 4.69) is 26.5 Å². The smallest absolute Gasteiger partial charge is 0.277 e. The molecule has 1 amide bonds. The number of methoxy groups -OCH3 is 1. The molecule has 0 saturated carbocycles. The molecule has 2 aromatic rings. The molecule has 0 aliphatic carbocycles. The van der Waals surface area contributed by atoms with E-state index in [9.17, 15) is 9.90 Å². The summed E-state index contributed by atoms with van der Waals surface area (Å²) in [7, 11) is 1.43. The lowest BCUT2D eigenvalue weighted by Gasteiger charge is -2.07. The minimum absolute atomic E-state index is 0.0945. The number of nitrogens with zero attached hydrogens (tertiary/aromatic N) is 2. The van der Waals surface area contributed by atoms with Crippen LogP contribution in [0, 0.1) is 11.3 Å². The van der Waals surface area contributed by atoms with Crippen molar-refractivity contribution in [2.45, 2.75) is 0 Å². The van der Waals surface area contributed by atoms with E-state index in [1.54, 1.807) is 36.4 Å². The molecule has 0 fully saturated rings. The number of para-hydroxylation sites is 1. The van der Waals surface area contributed by atoms with Gasteiger partial charge in [-0.05, 0) is 24.3 Å². The van der Waals surface area contributed by atoms with Crippen molar-refractivity contribution in [3.8, 4) is 23.3 Å². The third-order valence-electron chi connectivity index (χ3n) is 3.05. The highest BCUT2D eigenvalue weighted by Crippen LogP contribution is 2.32. The van der Waals surface area contributed by atoms with Gasteiger partial charge in [0.25, 0.3) is 5.91 Å². The normalized spacial score (nSPS) is 10.3. The Kier molecular flexibility index (Phi) is 6.37. The first kappa shape index (κ1) is 18.3. The topological polar surface area (TPSA) is 104 Å². The summed E-state index contributed by atoms with van der Waals surface area (Å²) in [5, 5.41) is 22.7. The van der Waals surface area contributed by atoms with Crippen LogP contribution in [0.25, 0.3) is 0 Å². The molecule has 0 heterocycles. The van der Waals surface area contributed by atoms with Crippen LogP contribution in [0.3, 0.4) is 0 Å². The van der Waals surface area contributed by atoms with Crippen LogP contribution in [0.5, 0.6) is 17.2 Å². The molecule has 0 aromatic heterocycles. The number of rotatable bonds is 6. The fraction of sp³-hybridized carbons (Fsp3) is 0.118. The summed E-state index contributed by atoms with van der Waals surface area (Å²) in [4.78, 5) is 11.8. The Balaban J connectivity index is 1.95. The number of ether oxygens (including phenoxy) is 2. The summed E-state index contributed by atoms with van der Waals surface area (Å²) in [5.41, 5.74) is 2.98. The molecule has 2 N–H and O–H groups in total. The monoisotopic (exact) mass is 403 g/mol. The molecule has 2 rings (SSSR count). The van der Waals surface area contributed by atoms with Gasteiger partial charge in [-0.25, -0.2) is 5.43 Å². The van der Waals surface area contributed by atoms with Crippen LogP contribution in [-0.4, -0.2) is 30.9 Å². The average Bonchev–Trinajstić information content (AvgIpc) is 2.62. The van der Waals surface area contributed by atoms with E-state index in [1.807, 2.05) is 6.07 Å². The van der Waals surface area contributed by atoms with Gasteiger partial charge in [0.2, 0.25) is 0 Å². The SMILES string of the molecule is COc1cc(Br)cc(/C=N/NC(=O)COc2ccccc2C#N)c1O. The molecular formula is C17H14BrN3O4. The van der Waals surface area contributed by atoms with Crippen LogP contribution in [0.4, 0.5) is 0 Å². The summed E-state index contributed by atoms with van der Waals surface area (Å²) in [6.07, 6.45) is 1.28. The fourth-order valence-electron chi connectivity index (χ4n) is 1.88. The van der Waals surface area contributed by atoms with Crippen molar-refractivity contribution in [2.75, 3.05) is 13.7 Å². The van der Waals surface area contributed by atoms with Gasteiger partial charge >= 0.3 is 0 Å². The molecule has 0 unspecified atom stereocenters. The van der Waals surface area contributed by atoms with Crippen molar-refractivity contribution in [1.82, 2.24) is 5.43 Å². The van der Waals surface area contributed by atoms with Crippen molar-refractivity contribution in [1.29, 1.82) is 5.26 Å². The van der Waals surface area contributed by atoms with E-state index in [4.69, 9.17) is 14.7 Å². The molecule has 0 bridgehead atoms. The molecule has 0 atom stereocenters. The number of nitrogens with one attached hydrogen (secondary N) is 1. The summed E-state index contributed by atoms with van der Waals surface area (Å²) >= 11 is 3.29. The second-order valence-electron chi connectivity index (χ2n) is 4.74. The average molecular weight is 404 g/mol. The number of carbonyl (C=O) groups is 1. The second-order valence-corrected chi connectivity index (χ2v) is 5.65. The van der Waals surface area contributed by atoms with Gasteiger partial charge < -0.3 is 14.6 Å². The first-order valence-electron chi connectivity index (χ1n) is 7.05. The third-order valence-corrected chi connectivity index (χ3v) is 3.51. The maximum Gasteiger partial charge on any atom is 0.277 e. The summed E-state index contributed by atoms with van der Waals surface area (Å²) in [6, 6.07) is 11.8. The van der Waals surface area contributed by atoms with Crippen LogP contribution in [0.2, 0.25) is 0 Å².